The molecule has 8 nitrogen and oxygen atoms in total. The van der Waals surface area contributed by atoms with Gasteiger partial charge in [-0.3, -0.25) is 9.69 Å². The van der Waals surface area contributed by atoms with Crippen LogP contribution in [0.15, 0.2) is 42.5 Å². The molecule has 3 amide bonds. The predicted octanol–water partition coefficient (Wildman–Crippen LogP) is 2.59. The van der Waals surface area contributed by atoms with Crippen molar-refractivity contribution in [2.24, 2.45) is 0 Å². The highest BCUT2D eigenvalue weighted by molar-refractivity contribution is 5.99. The molecule has 0 aliphatic carbocycles. The summed E-state index contributed by atoms with van der Waals surface area (Å²) in [6.45, 7) is 0.971. The molecule has 0 aromatic heterocycles. The minimum atomic E-state index is -0.280. The van der Waals surface area contributed by atoms with Crippen molar-refractivity contribution in [3.05, 3.63) is 42.5 Å². The van der Waals surface area contributed by atoms with Crippen LogP contribution < -0.4 is 24.4 Å². The van der Waals surface area contributed by atoms with E-state index in [0.29, 0.717) is 30.3 Å². The lowest BCUT2D eigenvalue weighted by atomic mass is 10.2. The van der Waals surface area contributed by atoms with Gasteiger partial charge < -0.3 is 24.4 Å². The van der Waals surface area contributed by atoms with Gasteiger partial charge in [-0.05, 0) is 36.4 Å². The molecule has 0 unspecified atom stereocenters. The second-order valence-electron chi connectivity index (χ2n) is 6.17. The quantitative estimate of drug-likeness (QED) is 0.792. The summed E-state index contributed by atoms with van der Waals surface area (Å²) >= 11 is 0. The van der Waals surface area contributed by atoms with Crippen LogP contribution in [-0.4, -0.2) is 57.8 Å². The Bertz CT molecular complexity index is 853. The van der Waals surface area contributed by atoms with Crippen LogP contribution in [0.2, 0.25) is 0 Å². The second-order valence-corrected chi connectivity index (χ2v) is 6.17. The van der Waals surface area contributed by atoms with Crippen molar-refractivity contribution in [3.8, 4) is 17.2 Å². The zero-order valence-electron chi connectivity index (χ0n) is 16.1. The summed E-state index contributed by atoms with van der Waals surface area (Å²) < 4.78 is 15.6. The molecule has 1 N–H and O–H groups in total. The largest absolute Gasteiger partial charge is 0.497 e. The van der Waals surface area contributed by atoms with Crippen LogP contribution in [0.3, 0.4) is 0 Å². The third kappa shape index (κ3) is 4.11. The molecule has 2 aromatic rings. The molecule has 148 valence electrons. The van der Waals surface area contributed by atoms with E-state index in [4.69, 9.17) is 14.2 Å². The molecular weight excluding hydrogens is 362 g/mol. The summed E-state index contributed by atoms with van der Waals surface area (Å²) in [5.41, 5.74) is 1.34. The third-order valence-electron chi connectivity index (χ3n) is 4.48. The van der Waals surface area contributed by atoms with Crippen molar-refractivity contribution in [2.75, 3.05) is 51.2 Å². The van der Waals surface area contributed by atoms with E-state index < -0.39 is 0 Å². The van der Waals surface area contributed by atoms with Gasteiger partial charge in [0.2, 0.25) is 5.91 Å². The van der Waals surface area contributed by atoms with Crippen LogP contribution in [0.4, 0.5) is 16.2 Å². The Balaban J connectivity index is 1.61. The molecular formula is C20H23N3O5. The first kappa shape index (κ1) is 19.3. The fourth-order valence-corrected chi connectivity index (χ4v) is 3.02. The molecule has 0 spiro atoms. The molecule has 1 aliphatic rings. The number of carbonyl (C=O) groups is 2. The number of hydrogen-bond donors (Lipinski definition) is 1. The number of anilines is 2. The summed E-state index contributed by atoms with van der Waals surface area (Å²) in [6, 6.07) is 12.1. The van der Waals surface area contributed by atoms with Gasteiger partial charge in [-0.25, -0.2) is 4.79 Å². The van der Waals surface area contributed by atoms with Gasteiger partial charge in [-0.2, -0.15) is 0 Å². The number of nitrogens with zero attached hydrogens (tertiary/aromatic N) is 2. The summed E-state index contributed by atoms with van der Waals surface area (Å²) in [7, 11) is 4.67. The lowest BCUT2D eigenvalue weighted by Gasteiger charge is -2.19. The number of rotatable bonds is 7. The van der Waals surface area contributed by atoms with E-state index in [2.05, 4.69) is 5.32 Å². The first-order valence-corrected chi connectivity index (χ1v) is 8.78. The van der Waals surface area contributed by atoms with E-state index in [1.54, 1.807) is 49.5 Å². The van der Waals surface area contributed by atoms with Gasteiger partial charge in [0.15, 0.2) is 11.5 Å². The van der Waals surface area contributed by atoms with Crippen LogP contribution in [-0.2, 0) is 4.79 Å². The summed E-state index contributed by atoms with van der Waals surface area (Å²) in [6.07, 6.45) is 0. The Morgan fingerprint density at radius 1 is 0.964 bits per heavy atom. The van der Waals surface area contributed by atoms with Gasteiger partial charge in [0.25, 0.3) is 0 Å². The highest BCUT2D eigenvalue weighted by Gasteiger charge is 2.30. The smallest absolute Gasteiger partial charge is 0.325 e. The van der Waals surface area contributed by atoms with Gasteiger partial charge in [-0.1, -0.05) is 0 Å². The Hall–Kier alpha value is -3.42. The summed E-state index contributed by atoms with van der Waals surface area (Å²) in [4.78, 5) is 28.2. The molecule has 1 fully saturated rings. The number of nitrogens with one attached hydrogen (secondary N) is 1. The average Bonchev–Trinajstić information content (AvgIpc) is 3.08. The predicted molar refractivity (Wildman–Crippen MR) is 105 cm³/mol. The third-order valence-corrected chi connectivity index (χ3v) is 4.48. The van der Waals surface area contributed by atoms with Crippen molar-refractivity contribution in [1.29, 1.82) is 0 Å². The molecule has 0 saturated carbocycles. The number of urea groups is 1. The van der Waals surface area contributed by atoms with Gasteiger partial charge >= 0.3 is 6.03 Å². The lowest BCUT2D eigenvalue weighted by Crippen LogP contribution is -2.37. The molecule has 1 aliphatic heterocycles. The molecule has 2 aromatic carbocycles. The topological polar surface area (TPSA) is 80.3 Å². The Morgan fingerprint density at radius 3 is 2.32 bits per heavy atom. The maximum absolute atomic E-state index is 12.6. The van der Waals surface area contributed by atoms with E-state index in [9.17, 15) is 9.59 Å². The lowest BCUT2D eigenvalue weighted by molar-refractivity contribution is -0.116. The summed E-state index contributed by atoms with van der Waals surface area (Å²) in [5.74, 6) is 1.53. The van der Waals surface area contributed by atoms with Crippen molar-refractivity contribution >= 4 is 23.3 Å². The molecule has 3 rings (SSSR count). The van der Waals surface area contributed by atoms with E-state index in [1.807, 2.05) is 12.1 Å². The average molecular weight is 385 g/mol. The molecule has 28 heavy (non-hydrogen) atoms. The van der Waals surface area contributed by atoms with E-state index in [0.717, 1.165) is 11.4 Å². The van der Waals surface area contributed by atoms with Gasteiger partial charge in [0.1, 0.15) is 12.3 Å². The van der Waals surface area contributed by atoms with Gasteiger partial charge in [-0.15, -0.1) is 0 Å². The van der Waals surface area contributed by atoms with Crippen LogP contribution >= 0.6 is 0 Å². The van der Waals surface area contributed by atoms with Crippen LogP contribution in [0.1, 0.15) is 0 Å². The fraction of sp³-hybridized carbons (Fsp3) is 0.300. The van der Waals surface area contributed by atoms with E-state index >= 15 is 0 Å². The minimum Gasteiger partial charge on any atom is -0.497 e. The first-order valence-electron chi connectivity index (χ1n) is 8.78. The maximum Gasteiger partial charge on any atom is 0.325 e. The number of benzene rings is 2. The monoisotopic (exact) mass is 385 g/mol. The van der Waals surface area contributed by atoms with Gasteiger partial charge in [0.05, 0.1) is 21.3 Å². The van der Waals surface area contributed by atoms with Crippen molar-refractivity contribution in [3.63, 3.8) is 0 Å². The number of ether oxygens (including phenoxy) is 3. The van der Waals surface area contributed by atoms with Crippen molar-refractivity contribution in [1.82, 2.24) is 4.90 Å². The van der Waals surface area contributed by atoms with Crippen LogP contribution in [0, 0.1) is 0 Å². The minimum absolute atomic E-state index is 0.0279. The van der Waals surface area contributed by atoms with Crippen molar-refractivity contribution < 1.29 is 23.8 Å². The Morgan fingerprint density at radius 2 is 1.68 bits per heavy atom. The molecule has 1 heterocycles. The standard InChI is InChI=1S/C20H23N3O5/c1-26-16-7-5-15(6-8-16)23-11-10-22(20(23)25)13-19(24)21-14-4-9-17(27-2)18(12-14)28-3/h4-9,12H,10-11,13H2,1-3H3,(H,21,24). The van der Waals surface area contributed by atoms with Crippen LogP contribution in [0.25, 0.3) is 0 Å². The highest BCUT2D eigenvalue weighted by Crippen LogP contribution is 2.29. The number of amides is 3. The maximum atomic E-state index is 12.6. The zero-order valence-corrected chi connectivity index (χ0v) is 16.1. The SMILES string of the molecule is COc1ccc(N2CCN(CC(=O)Nc3ccc(OC)c(OC)c3)C2=O)cc1. The van der Waals surface area contributed by atoms with E-state index in [-0.39, 0.29) is 18.5 Å². The molecule has 0 radical (unpaired) electrons. The van der Waals surface area contributed by atoms with Crippen LogP contribution in [0.5, 0.6) is 17.2 Å². The molecule has 0 atom stereocenters. The second kappa shape index (κ2) is 8.51. The normalized spacial score (nSPS) is 13.5. The Kier molecular flexibility index (Phi) is 5.88. The fourth-order valence-electron chi connectivity index (χ4n) is 3.02. The van der Waals surface area contributed by atoms with E-state index in [1.165, 1.54) is 12.0 Å². The number of hydrogen-bond acceptors (Lipinski definition) is 5. The highest BCUT2D eigenvalue weighted by atomic mass is 16.5. The summed E-state index contributed by atoms with van der Waals surface area (Å²) in [5, 5.41) is 2.78. The number of carbonyl (C=O) groups excluding carboxylic acids is 2. The van der Waals surface area contributed by atoms with Gasteiger partial charge in [0, 0.05) is 30.5 Å². The number of methoxy groups -OCH3 is 3. The first-order chi connectivity index (χ1) is 13.5. The molecule has 8 heteroatoms. The zero-order chi connectivity index (χ0) is 20.1. The van der Waals surface area contributed by atoms with Crippen molar-refractivity contribution in [2.45, 2.75) is 0 Å². The Labute approximate surface area is 163 Å². The molecule has 0 bridgehead atoms. The molecule has 1 saturated heterocycles.